The van der Waals surface area contributed by atoms with Gasteiger partial charge in [0.1, 0.15) is 5.60 Å². The molecule has 0 aliphatic rings. The van der Waals surface area contributed by atoms with E-state index < -0.39 is 23.5 Å². The maximum Gasteiger partial charge on any atom is 0.545 e. The molecule has 0 aromatic rings. The van der Waals surface area contributed by atoms with Crippen LogP contribution in [0.3, 0.4) is 0 Å². The first-order valence-electron chi connectivity index (χ1n) is 6.22. The lowest BCUT2D eigenvalue weighted by atomic mass is 10.0. The predicted molar refractivity (Wildman–Crippen MR) is 69.1 cm³/mol. The van der Waals surface area contributed by atoms with E-state index in [4.69, 9.17) is 14.4 Å². The van der Waals surface area contributed by atoms with Gasteiger partial charge in [-0.05, 0) is 25.3 Å². The van der Waals surface area contributed by atoms with E-state index in [0.29, 0.717) is 6.42 Å². The summed E-state index contributed by atoms with van der Waals surface area (Å²) in [6, 6.07) is 0. The molecule has 0 saturated carbocycles. The number of hydrogen-bond acceptors (Lipinski definition) is 7. The summed E-state index contributed by atoms with van der Waals surface area (Å²) in [6.45, 7) is 11.5. The maximum atomic E-state index is 11.3. The van der Waals surface area contributed by atoms with Gasteiger partial charge in [-0.3, -0.25) is 0 Å². The van der Waals surface area contributed by atoms with E-state index in [1.165, 1.54) is 13.8 Å². The monoisotopic (exact) mass is 290 g/mol. The lowest BCUT2D eigenvalue weighted by Gasteiger charge is -2.24. The van der Waals surface area contributed by atoms with E-state index in [1.54, 1.807) is 13.8 Å². The van der Waals surface area contributed by atoms with E-state index in [2.05, 4.69) is 16.5 Å². The van der Waals surface area contributed by atoms with Gasteiger partial charge in [0.2, 0.25) is 0 Å². The van der Waals surface area contributed by atoms with Crippen LogP contribution in [0.4, 0.5) is 4.79 Å². The summed E-state index contributed by atoms with van der Waals surface area (Å²) in [4.78, 5) is 31.5. The van der Waals surface area contributed by atoms with Crippen molar-refractivity contribution in [1.29, 1.82) is 0 Å². The molecule has 7 nitrogen and oxygen atoms in total. The van der Waals surface area contributed by atoms with Crippen molar-refractivity contribution in [2.45, 2.75) is 58.8 Å². The van der Waals surface area contributed by atoms with Crippen LogP contribution in [0.1, 0.15) is 47.5 Å². The smallest absolute Gasteiger partial charge is 0.420 e. The van der Waals surface area contributed by atoms with Crippen molar-refractivity contribution in [3.8, 4) is 0 Å². The molecule has 0 aromatic heterocycles. The summed E-state index contributed by atoms with van der Waals surface area (Å²) < 4.78 is 9.50. The first kappa shape index (κ1) is 18.4. The molecule has 0 fully saturated rings. The molecule has 20 heavy (non-hydrogen) atoms. The highest BCUT2D eigenvalue weighted by atomic mass is 17.5. The zero-order chi connectivity index (χ0) is 15.8. The average Bonchev–Trinajstić information content (AvgIpc) is 2.26. The Morgan fingerprint density at radius 3 is 2.25 bits per heavy atom. The van der Waals surface area contributed by atoms with Crippen LogP contribution < -0.4 is 0 Å². The fourth-order valence-electron chi connectivity index (χ4n) is 1.30. The highest BCUT2D eigenvalue weighted by Crippen LogP contribution is 2.18. The molecule has 0 spiro atoms. The Kier molecular flexibility index (Phi) is 7.23. The molecule has 0 N–H and O–H groups in total. The Labute approximate surface area is 118 Å². The molecule has 0 aromatic carbocycles. The van der Waals surface area contributed by atoms with E-state index >= 15 is 0 Å². The summed E-state index contributed by atoms with van der Waals surface area (Å²) >= 11 is 0. The number of carbonyl (C=O) groups is 2. The summed E-state index contributed by atoms with van der Waals surface area (Å²) in [5, 5.41) is 4.35. The van der Waals surface area contributed by atoms with Crippen LogP contribution >= 0.6 is 0 Å². The Morgan fingerprint density at radius 1 is 1.15 bits per heavy atom. The minimum absolute atomic E-state index is 0.597. The van der Waals surface area contributed by atoms with Gasteiger partial charge in [0, 0.05) is 19.9 Å². The minimum atomic E-state index is -1.51. The van der Waals surface area contributed by atoms with Crippen LogP contribution in [0.15, 0.2) is 12.7 Å². The molecule has 0 amide bonds. The molecular weight excluding hydrogens is 268 g/mol. The highest BCUT2D eigenvalue weighted by Gasteiger charge is 2.29. The maximum absolute atomic E-state index is 11.3. The largest absolute Gasteiger partial charge is 0.545 e. The zero-order valence-corrected chi connectivity index (χ0v) is 12.6. The molecule has 0 rings (SSSR count). The Morgan fingerprint density at radius 2 is 1.75 bits per heavy atom. The van der Waals surface area contributed by atoms with Gasteiger partial charge in [0.05, 0.1) is 0 Å². The van der Waals surface area contributed by atoms with Crippen molar-refractivity contribution in [2.24, 2.45) is 0 Å². The molecule has 0 bridgehead atoms. The molecule has 7 heteroatoms. The number of hydrogen-bond donors (Lipinski definition) is 0. The number of rotatable bonds is 8. The van der Waals surface area contributed by atoms with Crippen molar-refractivity contribution in [3.05, 3.63) is 12.7 Å². The zero-order valence-electron chi connectivity index (χ0n) is 12.6. The van der Waals surface area contributed by atoms with Crippen LogP contribution in [0, 0.1) is 0 Å². The van der Waals surface area contributed by atoms with Crippen LogP contribution in [-0.2, 0) is 29.1 Å². The summed E-state index contributed by atoms with van der Waals surface area (Å²) in [7, 11) is 0. The van der Waals surface area contributed by atoms with E-state index in [1.807, 2.05) is 6.92 Å². The molecule has 0 atom stereocenters. The van der Waals surface area contributed by atoms with E-state index in [9.17, 15) is 9.59 Å². The fourth-order valence-corrected chi connectivity index (χ4v) is 1.30. The average molecular weight is 290 g/mol. The van der Waals surface area contributed by atoms with Crippen LogP contribution in [-0.4, -0.2) is 23.5 Å². The molecule has 0 aliphatic carbocycles. The van der Waals surface area contributed by atoms with Crippen molar-refractivity contribution >= 4 is 12.1 Å². The van der Waals surface area contributed by atoms with Crippen molar-refractivity contribution in [2.75, 3.05) is 0 Å². The van der Waals surface area contributed by atoms with Crippen molar-refractivity contribution in [3.63, 3.8) is 0 Å². The van der Waals surface area contributed by atoms with Crippen LogP contribution in [0.25, 0.3) is 0 Å². The van der Waals surface area contributed by atoms with Gasteiger partial charge in [-0.2, -0.15) is 4.89 Å². The van der Waals surface area contributed by atoms with Crippen molar-refractivity contribution in [1.82, 2.24) is 0 Å². The second kappa shape index (κ2) is 7.86. The Balaban J connectivity index is 4.11. The van der Waals surface area contributed by atoms with Gasteiger partial charge in [-0.1, -0.05) is 19.9 Å². The van der Waals surface area contributed by atoms with Gasteiger partial charge in [0.25, 0.3) is 5.79 Å². The van der Waals surface area contributed by atoms with Crippen LogP contribution in [0.2, 0.25) is 0 Å². The lowest BCUT2D eigenvalue weighted by Crippen LogP contribution is -2.34. The number of ether oxygens (including phenoxy) is 2. The third-order valence-corrected chi connectivity index (χ3v) is 2.06. The first-order valence-corrected chi connectivity index (χ1v) is 6.22. The fraction of sp³-hybridized carbons (Fsp3) is 0.692. The summed E-state index contributed by atoms with van der Waals surface area (Å²) in [5.41, 5.74) is -0.597. The third-order valence-electron chi connectivity index (χ3n) is 2.06. The summed E-state index contributed by atoms with van der Waals surface area (Å²) in [5.74, 6) is -2.24. The Hall–Kier alpha value is -1.60. The molecular formula is C13H22O7. The van der Waals surface area contributed by atoms with E-state index in [-0.39, 0.29) is 0 Å². The van der Waals surface area contributed by atoms with E-state index in [0.717, 1.165) is 12.5 Å². The molecule has 0 unspecified atom stereocenters. The SMILES string of the molecule is C=CC(=O)OC(C)(C)OC(=O)OOOC(C)(C)CCC. The normalized spacial score (nSPS) is 11.7. The van der Waals surface area contributed by atoms with Gasteiger partial charge in [-0.25, -0.2) is 14.5 Å². The minimum Gasteiger partial charge on any atom is -0.420 e. The number of esters is 1. The Bertz CT molecular complexity index is 347. The van der Waals surface area contributed by atoms with Crippen molar-refractivity contribution < 1.29 is 33.9 Å². The molecule has 0 heterocycles. The first-order chi connectivity index (χ1) is 9.12. The lowest BCUT2D eigenvalue weighted by molar-refractivity contribution is -0.519. The number of carbonyl (C=O) groups excluding carboxylic acids is 2. The molecule has 116 valence electrons. The molecule has 0 radical (unpaired) electrons. The molecule has 0 saturated heterocycles. The van der Waals surface area contributed by atoms with Gasteiger partial charge < -0.3 is 9.47 Å². The summed E-state index contributed by atoms with van der Waals surface area (Å²) in [6.07, 6.45) is 1.35. The molecule has 0 aliphatic heterocycles. The van der Waals surface area contributed by atoms with Gasteiger partial charge in [-0.15, -0.1) is 0 Å². The predicted octanol–water partition coefficient (Wildman–Crippen LogP) is 3.05. The highest BCUT2D eigenvalue weighted by molar-refractivity contribution is 5.81. The second-order valence-corrected chi connectivity index (χ2v) is 5.12. The third kappa shape index (κ3) is 8.49. The quantitative estimate of drug-likeness (QED) is 0.223. The topological polar surface area (TPSA) is 80.3 Å². The standard InChI is InChI=1S/C13H22O7/c1-7-9-12(3,4)19-20-18-11(15)17-13(5,6)16-10(14)8-2/h8H,2,7,9H2,1,3-6H3. The van der Waals surface area contributed by atoms with Crippen LogP contribution in [0.5, 0.6) is 0 Å². The second-order valence-electron chi connectivity index (χ2n) is 5.12. The van der Waals surface area contributed by atoms with Gasteiger partial charge in [0.15, 0.2) is 0 Å². The van der Waals surface area contributed by atoms with Gasteiger partial charge >= 0.3 is 12.1 Å².